The first-order valence-corrected chi connectivity index (χ1v) is 8.92. The van der Waals surface area contributed by atoms with E-state index >= 15 is 0 Å². The number of aromatic nitrogens is 2. The Morgan fingerprint density at radius 1 is 1.04 bits per heavy atom. The Kier molecular flexibility index (Phi) is 6.28. The Labute approximate surface area is 161 Å². The van der Waals surface area contributed by atoms with Gasteiger partial charge in [0.05, 0.1) is 21.9 Å². The highest BCUT2D eigenvalue weighted by atomic mass is 35.5. The van der Waals surface area contributed by atoms with Gasteiger partial charge in [-0.25, -0.2) is 0 Å². The Morgan fingerprint density at radius 2 is 1.85 bits per heavy atom. The van der Waals surface area contributed by atoms with Crippen LogP contribution in [0.15, 0.2) is 54.7 Å². The van der Waals surface area contributed by atoms with Gasteiger partial charge < -0.3 is 10.6 Å². The van der Waals surface area contributed by atoms with Crippen molar-refractivity contribution in [2.24, 2.45) is 0 Å². The van der Waals surface area contributed by atoms with Gasteiger partial charge in [0.1, 0.15) is 0 Å². The number of halogens is 2. The van der Waals surface area contributed by atoms with Gasteiger partial charge in [0.15, 0.2) is 0 Å². The van der Waals surface area contributed by atoms with E-state index in [-0.39, 0.29) is 5.91 Å². The van der Waals surface area contributed by atoms with Crippen LogP contribution in [0.1, 0.15) is 15.9 Å². The first kappa shape index (κ1) is 18.5. The minimum absolute atomic E-state index is 0.182. The molecule has 134 valence electrons. The summed E-state index contributed by atoms with van der Waals surface area (Å²) in [6.07, 6.45) is 1.81. The van der Waals surface area contributed by atoms with Crippen LogP contribution in [-0.4, -0.2) is 29.2 Å². The third-order valence-electron chi connectivity index (χ3n) is 3.86. The highest BCUT2D eigenvalue weighted by molar-refractivity contribution is 6.42. The predicted molar refractivity (Wildman–Crippen MR) is 105 cm³/mol. The molecule has 3 aromatic rings. The number of nitrogens with one attached hydrogen (secondary N) is 3. The minimum atomic E-state index is -0.182. The normalized spacial score (nSPS) is 10.7. The number of carbonyl (C=O) groups is 1. The lowest BCUT2D eigenvalue weighted by Gasteiger charge is -2.08. The number of amides is 1. The quantitative estimate of drug-likeness (QED) is 0.537. The summed E-state index contributed by atoms with van der Waals surface area (Å²) in [5.41, 5.74) is 3.65. The fraction of sp³-hybridized carbons (Fsp3) is 0.158. The lowest BCUT2D eigenvalue weighted by molar-refractivity contribution is 0.0954. The van der Waals surface area contributed by atoms with Crippen LogP contribution in [0, 0.1) is 0 Å². The SMILES string of the molecule is O=C(NCCNCc1cn[nH]c1-c1ccccc1)c1ccc(Cl)c(Cl)c1. The largest absolute Gasteiger partial charge is 0.351 e. The average Bonchev–Trinajstić information content (AvgIpc) is 3.13. The average molecular weight is 389 g/mol. The first-order valence-electron chi connectivity index (χ1n) is 8.17. The van der Waals surface area contributed by atoms with E-state index in [0.717, 1.165) is 16.8 Å². The zero-order chi connectivity index (χ0) is 18.4. The van der Waals surface area contributed by atoms with E-state index in [1.165, 1.54) is 0 Å². The molecular weight excluding hydrogens is 371 g/mol. The van der Waals surface area contributed by atoms with E-state index in [1.807, 2.05) is 36.5 Å². The van der Waals surface area contributed by atoms with E-state index in [1.54, 1.807) is 18.2 Å². The molecule has 5 nitrogen and oxygen atoms in total. The molecule has 0 radical (unpaired) electrons. The molecule has 3 rings (SSSR count). The molecular formula is C19H18Cl2N4O. The van der Waals surface area contributed by atoms with Gasteiger partial charge in [-0.3, -0.25) is 9.89 Å². The van der Waals surface area contributed by atoms with Crippen molar-refractivity contribution in [3.63, 3.8) is 0 Å². The van der Waals surface area contributed by atoms with Crippen molar-refractivity contribution in [2.75, 3.05) is 13.1 Å². The van der Waals surface area contributed by atoms with E-state index in [2.05, 4.69) is 20.8 Å². The van der Waals surface area contributed by atoms with Gasteiger partial charge in [0.2, 0.25) is 0 Å². The van der Waals surface area contributed by atoms with Crippen molar-refractivity contribution in [3.8, 4) is 11.3 Å². The summed E-state index contributed by atoms with van der Waals surface area (Å²) < 4.78 is 0. The monoisotopic (exact) mass is 388 g/mol. The van der Waals surface area contributed by atoms with Crippen LogP contribution in [0.4, 0.5) is 0 Å². The van der Waals surface area contributed by atoms with Gasteiger partial charge >= 0.3 is 0 Å². The predicted octanol–water partition coefficient (Wildman–Crippen LogP) is 3.90. The number of hydrogen-bond donors (Lipinski definition) is 3. The van der Waals surface area contributed by atoms with Crippen molar-refractivity contribution in [2.45, 2.75) is 6.54 Å². The Bertz CT molecular complexity index is 880. The number of H-pyrrole nitrogens is 1. The number of rotatable bonds is 7. The highest BCUT2D eigenvalue weighted by Gasteiger charge is 2.08. The first-order chi connectivity index (χ1) is 12.6. The number of hydrogen-bond acceptors (Lipinski definition) is 3. The second-order valence-electron chi connectivity index (χ2n) is 5.70. The van der Waals surface area contributed by atoms with Crippen LogP contribution in [0.5, 0.6) is 0 Å². The van der Waals surface area contributed by atoms with Crippen molar-refractivity contribution in [1.82, 2.24) is 20.8 Å². The maximum absolute atomic E-state index is 12.1. The van der Waals surface area contributed by atoms with Gasteiger partial charge in [0, 0.05) is 30.8 Å². The maximum atomic E-state index is 12.1. The Balaban J connectivity index is 1.46. The van der Waals surface area contributed by atoms with Gasteiger partial charge in [-0.15, -0.1) is 0 Å². The lowest BCUT2D eigenvalue weighted by Crippen LogP contribution is -2.31. The van der Waals surface area contributed by atoms with E-state index in [4.69, 9.17) is 23.2 Å². The van der Waals surface area contributed by atoms with Crippen LogP contribution in [0.25, 0.3) is 11.3 Å². The summed E-state index contributed by atoms with van der Waals surface area (Å²) in [5.74, 6) is -0.182. The molecule has 0 bridgehead atoms. The second kappa shape index (κ2) is 8.85. The van der Waals surface area contributed by atoms with Crippen LogP contribution < -0.4 is 10.6 Å². The zero-order valence-corrected chi connectivity index (χ0v) is 15.4. The van der Waals surface area contributed by atoms with Crippen molar-refractivity contribution in [1.29, 1.82) is 0 Å². The van der Waals surface area contributed by atoms with Crippen LogP contribution in [0.3, 0.4) is 0 Å². The third-order valence-corrected chi connectivity index (χ3v) is 4.60. The molecule has 7 heteroatoms. The summed E-state index contributed by atoms with van der Waals surface area (Å²) in [5, 5.41) is 14.1. The fourth-order valence-electron chi connectivity index (χ4n) is 2.53. The highest BCUT2D eigenvalue weighted by Crippen LogP contribution is 2.22. The second-order valence-corrected chi connectivity index (χ2v) is 6.51. The molecule has 1 amide bonds. The molecule has 1 aromatic heterocycles. The molecule has 0 fully saturated rings. The molecule has 26 heavy (non-hydrogen) atoms. The standard InChI is InChI=1S/C19H18Cl2N4O/c20-16-7-6-14(10-17(16)21)19(26)23-9-8-22-11-15-12-24-25-18(15)13-4-2-1-3-5-13/h1-7,10,12,22H,8-9,11H2,(H,23,26)(H,24,25). The molecule has 0 aliphatic rings. The number of nitrogens with zero attached hydrogens (tertiary/aromatic N) is 1. The molecule has 0 saturated carbocycles. The van der Waals surface area contributed by atoms with Crippen LogP contribution in [0.2, 0.25) is 10.0 Å². The van der Waals surface area contributed by atoms with E-state index in [0.29, 0.717) is 35.2 Å². The topological polar surface area (TPSA) is 69.8 Å². The van der Waals surface area contributed by atoms with Crippen LogP contribution in [-0.2, 0) is 6.54 Å². The molecule has 0 unspecified atom stereocenters. The third kappa shape index (κ3) is 4.64. The number of carbonyl (C=O) groups excluding carboxylic acids is 1. The van der Waals surface area contributed by atoms with Crippen LogP contribution >= 0.6 is 23.2 Å². The molecule has 0 saturated heterocycles. The summed E-state index contributed by atoms with van der Waals surface area (Å²) in [4.78, 5) is 12.1. The molecule has 0 aliphatic carbocycles. The Morgan fingerprint density at radius 3 is 2.62 bits per heavy atom. The summed E-state index contributed by atoms with van der Waals surface area (Å²) in [7, 11) is 0. The molecule has 0 spiro atoms. The zero-order valence-electron chi connectivity index (χ0n) is 13.9. The maximum Gasteiger partial charge on any atom is 0.251 e. The van der Waals surface area contributed by atoms with E-state index in [9.17, 15) is 4.79 Å². The van der Waals surface area contributed by atoms with Gasteiger partial charge in [-0.1, -0.05) is 53.5 Å². The summed E-state index contributed by atoms with van der Waals surface area (Å²) in [6, 6.07) is 14.9. The van der Waals surface area contributed by atoms with Gasteiger partial charge in [-0.05, 0) is 23.8 Å². The summed E-state index contributed by atoms with van der Waals surface area (Å²) >= 11 is 11.8. The number of benzene rings is 2. The fourth-order valence-corrected chi connectivity index (χ4v) is 2.82. The van der Waals surface area contributed by atoms with Crippen molar-refractivity contribution in [3.05, 3.63) is 75.9 Å². The van der Waals surface area contributed by atoms with Gasteiger partial charge in [-0.2, -0.15) is 5.10 Å². The molecule has 0 atom stereocenters. The molecule has 3 N–H and O–H groups in total. The van der Waals surface area contributed by atoms with Crippen molar-refractivity contribution >= 4 is 29.1 Å². The smallest absolute Gasteiger partial charge is 0.251 e. The van der Waals surface area contributed by atoms with Gasteiger partial charge in [0.25, 0.3) is 5.91 Å². The number of aromatic amines is 1. The minimum Gasteiger partial charge on any atom is -0.351 e. The Hall–Kier alpha value is -2.34. The summed E-state index contributed by atoms with van der Waals surface area (Å²) in [6.45, 7) is 1.79. The molecule has 0 aliphatic heterocycles. The molecule has 2 aromatic carbocycles. The lowest BCUT2D eigenvalue weighted by atomic mass is 10.1. The van der Waals surface area contributed by atoms with E-state index < -0.39 is 0 Å². The molecule has 1 heterocycles. The van der Waals surface area contributed by atoms with Crippen molar-refractivity contribution < 1.29 is 4.79 Å².